The van der Waals surface area contributed by atoms with Gasteiger partial charge in [-0.25, -0.2) is 4.79 Å². The van der Waals surface area contributed by atoms with Crippen LogP contribution < -0.4 is 5.63 Å². The third kappa shape index (κ3) is 2.73. The summed E-state index contributed by atoms with van der Waals surface area (Å²) in [7, 11) is 0. The number of aromatic hydroxyl groups is 1. The molecule has 2 aromatic rings. The molecule has 82 valence electrons. The molecule has 0 saturated carbocycles. The summed E-state index contributed by atoms with van der Waals surface area (Å²) in [4.78, 5) is 10.9. The molecule has 0 saturated heterocycles. The highest BCUT2D eigenvalue weighted by Crippen LogP contribution is 2.11. The van der Waals surface area contributed by atoms with Gasteiger partial charge in [-0.3, -0.25) is 0 Å². The molecular formula is C13H12O3. The zero-order chi connectivity index (χ0) is 11.4. The molecule has 0 aliphatic rings. The van der Waals surface area contributed by atoms with Crippen molar-refractivity contribution in [3.8, 4) is 5.75 Å². The van der Waals surface area contributed by atoms with Crippen LogP contribution >= 0.6 is 0 Å². The van der Waals surface area contributed by atoms with E-state index in [-0.39, 0.29) is 11.4 Å². The predicted molar refractivity (Wildman–Crippen MR) is 60.5 cm³/mol. The predicted octanol–water partition coefficient (Wildman–Crippen LogP) is 2.13. The van der Waals surface area contributed by atoms with E-state index in [9.17, 15) is 4.79 Å². The third-order valence-corrected chi connectivity index (χ3v) is 2.34. The molecule has 1 N–H and O–H groups in total. The Hall–Kier alpha value is -2.03. The van der Waals surface area contributed by atoms with Crippen LogP contribution in [0.4, 0.5) is 0 Å². The van der Waals surface area contributed by atoms with Crippen molar-refractivity contribution in [2.45, 2.75) is 12.8 Å². The Bertz CT molecular complexity index is 511. The molecule has 0 aliphatic heterocycles. The van der Waals surface area contributed by atoms with Crippen molar-refractivity contribution in [3.63, 3.8) is 0 Å². The van der Waals surface area contributed by atoms with E-state index in [0.717, 1.165) is 12.0 Å². The number of hydrogen-bond donors (Lipinski definition) is 1. The summed E-state index contributed by atoms with van der Waals surface area (Å²) in [5.41, 5.74) is 0.785. The van der Waals surface area contributed by atoms with Crippen LogP contribution in [-0.2, 0) is 12.8 Å². The highest BCUT2D eigenvalue weighted by atomic mass is 16.4. The summed E-state index contributed by atoms with van der Waals surface area (Å²) >= 11 is 0. The molecule has 0 spiro atoms. The minimum atomic E-state index is -0.316. The zero-order valence-electron chi connectivity index (χ0n) is 8.72. The average molecular weight is 216 g/mol. The fraction of sp³-hybridized carbons (Fsp3) is 0.154. The van der Waals surface area contributed by atoms with E-state index in [1.165, 1.54) is 6.07 Å². The van der Waals surface area contributed by atoms with Gasteiger partial charge in [-0.1, -0.05) is 18.2 Å². The summed E-state index contributed by atoms with van der Waals surface area (Å²) in [6.07, 6.45) is 1.47. The highest BCUT2D eigenvalue weighted by molar-refractivity contribution is 5.26. The molecule has 16 heavy (non-hydrogen) atoms. The number of aryl methyl sites for hydroxylation is 2. The molecular weight excluding hydrogens is 204 g/mol. The van der Waals surface area contributed by atoms with Crippen molar-refractivity contribution in [1.29, 1.82) is 0 Å². The van der Waals surface area contributed by atoms with Crippen molar-refractivity contribution in [2.24, 2.45) is 0 Å². The number of benzene rings is 1. The van der Waals surface area contributed by atoms with Gasteiger partial charge in [0, 0.05) is 12.5 Å². The number of phenols is 1. The van der Waals surface area contributed by atoms with Crippen molar-refractivity contribution >= 4 is 0 Å². The first-order valence-electron chi connectivity index (χ1n) is 5.11. The number of rotatable bonds is 3. The van der Waals surface area contributed by atoms with Gasteiger partial charge in [0.1, 0.15) is 11.5 Å². The van der Waals surface area contributed by atoms with E-state index < -0.39 is 0 Å². The molecule has 1 aromatic carbocycles. The molecule has 0 aliphatic carbocycles. The minimum Gasteiger partial charge on any atom is -0.508 e. The monoisotopic (exact) mass is 216 g/mol. The van der Waals surface area contributed by atoms with Crippen LogP contribution in [0.2, 0.25) is 0 Å². The fourth-order valence-corrected chi connectivity index (χ4v) is 1.50. The van der Waals surface area contributed by atoms with Crippen LogP contribution in [0.5, 0.6) is 5.75 Å². The Morgan fingerprint density at radius 3 is 2.44 bits per heavy atom. The van der Waals surface area contributed by atoms with Gasteiger partial charge in [-0.05, 0) is 30.2 Å². The second kappa shape index (κ2) is 4.66. The number of phenolic OH excluding ortho intramolecular Hbond substituents is 1. The lowest BCUT2D eigenvalue weighted by Gasteiger charge is -2.00. The standard InChI is InChI=1S/C13H12O3/c14-11-7-4-10(5-8-11)6-9-12-2-1-3-13(15)16-12/h1-5,7-8,14H,6,9H2. The summed E-state index contributed by atoms with van der Waals surface area (Å²) in [6.45, 7) is 0. The quantitative estimate of drug-likeness (QED) is 0.855. The number of hydrogen-bond acceptors (Lipinski definition) is 3. The van der Waals surface area contributed by atoms with Gasteiger partial charge in [-0.15, -0.1) is 0 Å². The van der Waals surface area contributed by atoms with Crippen molar-refractivity contribution in [2.75, 3.05) is 0 Å². The van der Waals surface area contributed by atoms with Crippen molar-refractivity contribution in [3.05, 3.63) is 64.2 Å². The largest absolute Gasteiger partial charge is 0.508 e. The van der Waals surface area contributed by atoms with E-state index in [1.54, 1.807) is 24.3 Å². The molecule has 0 radical (unpaired) electrons. The van der Waals surface area contributed by atoms with E-state index in [4.69, 9.17) is 9.52 Å². The fourth-order valence-electron chi connectivity index (χ4n) is 1.50. The van der Waals surface area contributed by atoms with E-state index >= 15 is 0 Å². The highest BCUT2D eigenvalue weighted by Gasteiger charge is 1.98. The Kier molecular flexibility index (Phi) is 3.05. The van der Waals surface area contributed by atoms with Gasteiger partial charge in [0.15, 0.2) is 0 Å². The Morgan fingerprint density at radius 1 is 1.00 bits per heavy atom. The van der Waals surface area contributed by atoms with Crippen LogP contribution in [0.1, 0.15) is 11.3 Å². The first kappa shape index (κ1) is 10.5. The van der Waals surface area contributed by atoms with Crippen LogP contribution in [0.3, 0.4) is 0 Å². The molecule has 1 heterocycles. The van der Waals surface area contributed by atoms with Crippen LogP contribution in [0, 0.1) is 0 Å². The van der Waals surface area contributed by atoms with Crippen molar-refractivity contribution in [1.82, 2.24) is 0 Å². The smallest absolute Gasteiger partial charge is 0.335 e. The first-order chi connectivity index (χ1) is 7.74. The van der Waals surface area contributed by atoms with Gasteiger partial charge >= 0.3 is 5.63 Å². The molecule has 1 aromatic heterocycles. The summed E-state index contributed by atoms with van der Waals surface area (Å²) in [5.74, 6) is 0.940. The molecule has 0 amide bonds. The topological polar surface area (TPSA) is 50.4 Å². The van der Waals surface area contributed by atoms with Gasteiger partial charge in [0.25, 0.3) is 0 Å². The van der Waals surface area contributed by atoms with Crippen LogP contribution in [-0.4, -0.2) is 5.11 Å². The normalized spacial score (nSPS) is 10.2. The lowest BCUT2D eigenvalue weighted by molar-refractivity contribution is 0.458. The maximum atomic E-state index is 10.9. The second-order valence-corrected chi connectivity index (χ2v) is 3.58. The summed E-state index contributed by atoms with van der Waals surface area (Å²) in [5, 5.41) is 9.12. The van der Waals surface area contributed by atoms with Gasteiger partial charge in [-0.2, -0.15) is 0 Å². The van der Waals surface area contributed by atoms with Gasteiger partial charge < -0.3 is 9.52 Å². The van der Waals surface area contributed by atoms with Crippen LogP contribution in [0.25, 0.3) is 0 Å². The second-order valence-electron chi connectivity index (χ2n) is 3.58. The molecule has 0 bridgehead atoms. The SMILES string of the molecule is O=c1cccc(CCc2ccc(O)cc2)o1. The third-order valence-electron chi connectivity index (χ3n) is 2.34. The first-order valence-corrected chi connectivity index (χ1v) is 5.11. The molecule has 3 heteroatoms. The Balaban J connectivity index is 2.02. The zero-order valence-corrected chi connectivity index (χ0v) is 8.72. The van der Waals surface area contributed by atoms with Gasteiger partial charge in [0.2, 0.25) is 0 Å². The molecule has 0 fully saturated rings. The molecule has 0 unspecified atom stereocenters. The lowest BCUT2D eigenvalue weighted by atomic mass is 10.1. The molecule has 3 nitrogen and oxygen atoms in total. The molecule has 0 atom stereocenters. The minimum absolute atomic E-state index is 0.259. The van der Waals surface area contributed by atoms with E-state index in [1.807, 2.05) is 12.1 Å². The van der Waals surface area contributed by atoms with Crippen LogP contribution in [0.15, 0.2) is 51.7 Å². The summed E-state index contributed by atoms with van der Waals surface area (Å²) < 4.78 is 5.02. The molecule has 2 rings (SSSR count). The maximum Gasteiger partial charge on any atom is 0.335 e. The lowest BCUT2D eigenvalue weighted by Crippen LogP contribution is -1.99. The van der Waals surface area contributed by atoms with E-state index in [0.29, 0.717) is 12.2 Å². The van der Waals surface area contributed by atoms with Crippen molar-refractivity contribution < 1.29 is 9.52 Å². The maximum absolute atomic E-state index is 10.9. The van der Waals surface area contributed by atoms with E-state index in [2.05, 4.69) is 0 Å². The van der Waals surface area contributed by atoms with Gasteiger partial charge in [0.05, 0.1) is 0 Å². The summed E-state index contributed by atoms with van der Waals surface area (Å²) in [6, 6.07) is 11.9. The Labute approximate surface area is 93.0 Å². The average Bonchev–Trinajstić information content (AvgIpc) is 2.28. The Morgan fingerprint density at radius 2 is 1.75 bits per heavy atom.